The van der Waals surface area contributed by atoms with Crippen molar-refractivity contribution >= 4 is 34.8 Å². The van der Waals surface area contributed by atoms with Gasteiger partial charge in [-0.15, -0.1) is 0 Å². The molecule has 0 bridgehead atoms. The van der Waals surface area contributed by atoms with Crippen LogP contribution in [0.1, 0.15) is 31.1 Å². The van der Waals surface area contributed by atoms with Crippen LogP contribution < -0.4 is 9.64 Å². The first-order valence-electron chi connectivity index (χ1n) is 10.6. The lowest BCUT2D eigenvalue weighted by atomic mass is 10.1. The van der Waals surface area contributed by atoms with Crippen molar-refractivity contribution in [1.82, 2.24) is 4.90 Å². The van der Waals surface area contributed by atoms with Gasteiger partial charge in [-0.05, 0) is 42.5 Å². The third-order valence-electron chi connectivity index (χ3n) is 5.67. The van der Waals surface area contributed by atoms with Gasteiger partial charge in [0.05, 0.1) is 34.1 Å². The minimum absolute atomic E-state index is 0.190. The summed E-state index contributed by atoms with van der Waals surface area (Å²) in [4.78, 5) is 62.2. The van der Waals surface area contributed by atoms with Gasteiger partial charge in [-0.1, -0.05) is 12.1 Å². The molecule has 0 aromatic heterocycles. The second-order valence-electron chi connectivity index (χ2n) is 7.68. The lowest BCUT2D eigenvalue weighted by Gasteiger charge is -2.25. The van der Waals surface area contributed by atoms with Gasteiger partial charge in [0.15, 0.2) is 0 Å². The SMILES string of the molecule is COc1ccc(N(CCN2C(=O)c3ccccc3C2=O)C(=O)c2ccc([N+](=O)[O-])cc2[N+](=O)[O-])cc1. The van der Waals surface area contributed by atoms with E-state index in [-0.39, 0.29) is 29.8 Å². The maximum absolute atomic E-state index is 13.5. The van der Waals surface area contributed by atoms with E-state index in [4.69, 9.17) is 4.74 Å². The molecule has 182 valence electrons. The van der Waals surface area contributed by atoms with E-state index >= 15 is 0 Å². The van der Waals surface area contributed by atoms with Gasteiger partial charge in [-0.25, -0.2) is 0 Å². The number of hydrogen-bond acceptors (Lipinski definition) is 8. The Morgan fingerprint density at radius 1 is 0.917 bits per heavy atom. The van der Waals surface area contributed by atoms with Crippen LogP contribution in [0.4, 0.5) is 17.1 Å². The number of benzene rings is 3. The van der Waals surface area contributed by atoms with Crippen molar-refractivity contribution in [1.29, 1.82) is 0 Å². The molecule has 0 saturated heterocycles. The molecule has 12 heteroatoms. The molecule has 0 radical (unpaired) electrons. The first-order valence-corrected chi connectivity index (χ1v) is 10.6. The van der Waals surface area contributed by atoms with Crippen LogP contribution in [-0.2, 0) is 0 Å². The Bertz CT molecular complexity index is 1370. The molecule has 12 nitrogen and oxygen atoms in total. The maximum atomic E-state index is 13.5. The summed E-state index contributed by atoms with van der Waals surface area (Å²) in [6.07, 6.45) is 0. The largest absolute Gasteiger partial charge is 0.497 e. The van der Waals surface area contributed by atoms with E-state index in [1.807, 2.05) is 0 Å². The van der Waals surface area contributed by atoms with Gasteiger partial charge in [-0.2, -0.15) is 0 Å². The fourth-order valence-electron chi connectivity index (χ4n) is 3.86. The van der Waals surface area contributed by atoms with Crippen molar-refractivity contribution in [3.63, 3.8) is 0 Å². The normalized spacial score (nSPS) is 12.3. The van der Waals surface area contributed by atoms with E-state index in [0.29, 0.717) is 17.5 Å². The number of methoxy groups -OCH3 is 1. The molecule has 0 saturated carbocycles. The molecule has 36 heavy (non-hydrogen) atoms. The summed E-state index contributed by atoms with van der Waals surface area (Å²) < 4.78 is 5.13. The number of amides is 3. The summed E-state index contributed by atoms with van der Waals surface area (Å²) in [5.41, 5.74) is -0.866. The molecule has 3 aromatic rings. The van der Waals surface area contributed by atoms with Crippen molar-refractivity contribution < 1.29 is 29.0 Å². The molecule has 0 spiro atoms. The maximum Gasteiger partial charge on any atom is 0.289 e. The molecule has 1 heterocycles. The molecule has 4 rings (SSSR count). The number of nitro benzene ring substituents is 2. The minimum atomic E-state index is -0.878. The zero-order valence-corrected chi connectivity index (χ0v) is 18.8. The van der Waals surface area contributed by atoms with Crippen molar-refractivity contribution in [3.8, 4) is 5.75 Å². The first-order chi connectivity index (χ1) is 17.2. The highest BCUT2D eigenvalue weighted by molar-refractivity contribution is 6.21. The molecule has 0 atom stereocenters. The average molecular weight is 490 g/mol. The number of nitrogens with zero attached hydrogens (tertiary/aromatic N) is 4. The molecule has 1 aliphatic heterocycles. The molecular weight excluding hydrogens is 472 g/mol. The van der Waals surface area contributed by atoms with E-state index in [1.165, 1.54) is 31.4 Å². The number of anilines is 1. The molecule has 1 aliphatic rings. The lowest BCUT2D eigenvalue weighted by Crippen LogP contribution is -2.41. The van der Waals surface area contributed by atoms with E-state index in [9.17, 15) is 34.6 Å². The van der Waals surface area contributed by atoms with Gasteiger partial charge in [0.1, 0.15) is 11.3 Å². The van der Waals surface area contributed by atoms with E-state index < -0.39 is 38.9 Å². The second-order valence-corrected chi connectivity index (χ2v) is 7.68. The second kappa shape index (κ2) is 9.62. The number of hydrogen-bond donors (Lipinski definition) is 0. The molecule has 3 aromatic carbocycles. The number of non-ortho nitro benzene ring substituents is 1. The smallest absolute Gasteiger partial charge is 0.289 e. The fourth-order valence-corrected chi connectivity index (χ4v) is 3.86. The summed E-state index contributed by atoms with van der Waals surface area (Å²) >= 11 is 0. The number of fused-ring (bicyclic) bond motifs is 1. The summed E-state index contributed by atoms with van der Waals surface area (Å²) in [6.45, 7) is -0.379. The molecular formula is C24H18N4O8. The van der Waals surface area contributed by atoms with Crippen LogP contribution in [-0.4, -0.2) is 52.7 Å². The number of rotatable bonds is 8. The Morgan fingerprint density at radius 2 is 1.53 bits per heavy atom. The van der Waals surface area contributed by atoms with E-state index in [1.54, 1.807) is 24.3 Å². The Kier molecular flexibility index (Phi) is 6.42. The van der Waals surface area contributed by atoms with Gasteiger partial charge in [0.25, 0.3) is 29.1 Å². The molecule has 0 fully saturated rings. The van der Waals surface area contributed by atoms with Crippen LogP contribution in [0.5, 0.6) is 5.75 Å². The van der Waals surface area contributed by atoms with Crippen LogP contribution in [0.3, 0.4) is 0 Å². The van der Waals surface area contributed by atoms with Gasteiger partial charge in [-0.3, -0.25) is 39.5 Å². The van der Waals surface area contributed by atoms with E-state index in [2.05, 4.69) is 0 Å². The number of ether oxygens (including phenoxy) is 1. The lowest BCUT2D eigenvalue weighted by molar-refractivity contribution is -0.394. The van der Waals surface area contributed by atoms with Crippen LogP contribution in [0.2, 0.25) is 0 Å². The van der Waals surface area contributed by atoms with Crippen LogP contribution in [0, 0.1) is 20.2 Å². The predicted molar refractivity (Wildman–Crippen MR) is 126 cm³/mol. The summed E-state index contributed by atoms with van der Waals surface area (Å²) in [5.74, 6) is -1.37. The Morgan fingerprint density at radius 3 is 2.06 bits per heavy atom. The molecule has 0 unspecified atom stereocenters. The Balaban J connectivity index is 1.69. The van der Waals surface area contributed by atoms with Crippen LogP contribution in [0.25, 0.3) is 0 Å². The molecule has 3 amide bonds. The number of imide groups is 1. The highest BCUT2D eigenvalue weighted by Crippen LogP contribution is 2.29. The first kappa shape index (κ1) is 24.0. The van der Waals surface area contributed by atoms with Gasteiger partial charge in [0.2, 0.25) is 0 Å². The monoisotopic (exact) mass is 490 g/mol. The van der Waals surface area contributed by atoms with Gasteiger partial charge >= 0.3 is 0 Å². The standard InChI is InChI=1S/C24H18N4O8/c1-36-17-9-6-15(7-10-17)25(12-13-26-22(29)18-4-2-3-5-19(18)23(26)30)24(31)20-11-8-16(27(32)33)14-21(20)28(34)35/h2-11,14H,12-13H2,1H3. The summed E-state index contributed by atoms with van der Waals surface area (Å²) in [6, 6.07) is 15.3. The quantitative estimate of drug-likeness (QED) is 0.264. The van der Waals surface area contributed by atoms with E-state index in [0.717, 1.165) is 21.9 Å². The summed E-state index contributed by atoms with van der Waals surface area (Å²) in [5, 5.41) is 22.7. The average Bonchev–Trinajstić information content (AvgIpc) is 3.13. The van der Waals surface area contributed by atoms with Crippen LogP contribution in [0.15, 0.2) is 66.7 Å². The zero-order valence-electron chi connectivity index (χ0n) is 18.8. The predicted octanol–water partition coefficient (Wildman–Crippen LogP) is 3.45. The van der Waals surface area contributed by atoms with Crippen molar-refractivity contribution in [2.24, 2.45) is 0 Å². The number of carbonyl (C=O) groups is 3. The van der Waals surface area contributed by atoms with Gasteiger partial charge in [0, 0.05) is 24.8 Å². The molecule has 0 N–H and O–H groups in total. The van der Waals surface area contributed by atoms with Gasteiger partial charge < -0.3 is 9.64 Å². The topological polar surface area (TPSA) is 153 Å². The third-order valence-corrected chi connectivity index (χ3v) is 5.67. The van der Waals surface area contributed by atoms with Crippen molar-refractivity contribution in [3.05, 3.63) is 104 Å². The Hall–Kier alpha value is -5.13. The number of carbonyl (C=O) groups excluding carboxylic acids is 3. The number of nitro groups is 2. The van der Waals surface area contributed by atoms with Crippen molar-refractivity contribution in [2.75, 3.05) is 25.1 Å². The highest BCUT2D eigenvalue weighted by Gasteiger charge is 2.36. The molecule has 0 aliphatic carbocycles. The minimum Gasteiger partial charge on any atom is -0.497 e. The highest BCUT2D eigenvalue weighted by atomic mass is 16.6. The van der Waals surface area contributed by atoms with Crippen molar-refractivity contribution in [2.45, 2.75) is 0 Å². The zero-order chi connectivity index (χ0) is 26.0. The van der Waals surface area contributed by atoms with Crippen LogP contribution >= 0.6 is 0 Å². The summed E-state index contributed by atoms with van der Waals surface area (Å²) in [7, 11) is 1.46. The third kappa shape index (κ3) is 4.34. The fraction of sp³-hybridized carbons (Fsp3) is 0.125. The Labute approximate surface area is 203 Å².